The van der Waals surface area contributed by atoms with Crippen LogP contribution in [-0.4, -0.2) is 28.6 Å². The summed E-state index contributed by atoms with van der Waals surface area (Å²) in [6.07, 6.45) is 0. The van der Waals surface area contributed by atoms with Gasteiger partial charge in [-0.3, -0.25) is 9.59 Å². The van der Waals surface area contributed by atoms with Crippen molar-refractivity contribution in [1.29, 1.82) is 0 Å². The molecule has 0 saturated carbocycles. The lowest BCUT2D eigenvalue weighted by molar-refractivity contribution is -0.120. The fourth-order valence-electron chi connectivity index (χ4n) is 1.52. The Hall–Kier alpha value is -2.26. The van der Waals surface area contributed by atoms with Crippen molar-refractivity contribution in [2.24, 2.45) is 11.7 Å². The van der Waals surface area contributed by atoms with Crippen molar-refractivity contribution >= 4 is 11.8 Å². The minimum atomic E-state index is -1.15. The third kappa shape index (κ3) is 5.32. The molecule has 2 amide bonds. The Morgan fingerprint density at radius 1 is 1.38 bits per heavy atom. The van der Waals surface area contributed by atoms with Gasteiger partial charge in [0.2, 0.25) is 5.91 Å². The van der Waals surface area contributed by atoms with Gasteiger partial charge in [-0.1, -0.05) is 19.8 Å². The number of aliphatic hydroxyl groups is 1. The highest BCUT2D eigenvalue weighted by molar-refractivity contribution is 5.95. The van der Waals surface area contributed by atoms with Gasteiger partial charge in [-0.15, -0.1) is 0 Å². The monoisotopic (exact) mass is 292 g/mol. The van der Waals surface area contributed by atoms with Gasteiger partial charge in [0.05, 0.1) is 0 Å². The van der Waals surface area contributed by atoms with Gasteiger partial charge in [-0.2, -0.15) is 0 Å². The molecular formula is C15H20N2O4. The summed E-state index contributed by atoms with van der Waals surface area (Å²) < 4.78 is 5.25. The first-order valence-electron chi connectivity index (χ1n) is 6.55. The first-order chi connectivity index (χ1) is 9.60. The zero-order chi connectivity index (χ0) is 16.2. The van der Waals surface area contributed by atoms with Crippen LogP contribution in [0.2, 0.25) is 0 Å². The van der Waals surface area contributed by atoms with Crippen LogP contribution in [0.4, 0.5) is 0 Å². The van der Waals surface area contributed by atoms with E-state index in [9.17, 15) is 14.7 Å². The smallest absolute Gasteiger partial charge is 0.287 e. The molecule has 0 aromatic carbocycles. The van der Waals surface area contributed by atoms with Crippen molar-refractivity contribution in [3.05, 3.63) is 23.7 Å². The van der Waals surface area contributed by atoms with Gasteiger partial charge in [0.25, 0.3) is 5.91 Å². The van der Waals surface area contributed by atoms with Gasteiger partial charge in [-0.25, -0.2) is 0 Å². The number of rotatable bonds is 4. The first-order valence-corrected chi connectivity index (χ1v) is 6.55. The lowest BCUT2D eigenvalue weighted by Crippen LogP contribution is -2.47. The van der Waals surface area contributed by atoms with Gasteiger partial charge in [-0.05, 0) is 37.8 Å². The molecule has 0 fully saturated rings. The molecular weight excluding hydrogens is 272 g/mol. The molecule has 1 atom stereocenters. The SMILES string of the molecule is CC(C)[C@H](NC(=O)c1ccc(C#CC(C)(C)O)o1)C(N)=O. The van der Waals surface area contributed by atoms with Crippen molar-refractivity contribution in [3.63, 3.8) is 0 Å². The lowest BCUT2D eigenvalue weighted by Gasteiger charge is -2.17. The van der Waals surface area contributed by atoms with E-state index in [0.29, 0.717) is 0 Å². The fourth-order valence-corrected chi connectivity index (χ4v) is 1.52. The summed E-state index contributed by atoms with van der Waals surface area (Å²) in [5, 5.41) is 12.0. The van der Waals surface area contributed by atoms with Crippen LogP contribution in [0, 0.1) is 17.8 Å². The highest BCUT2D eigenvalue weighted by Crippen LogP contribution is 2.09. The summed E-state index contributed by atoms with van der Waals surface area (Å²) in [6.45, 7) is 6.63. The van der Waals surface area contributed by atoms with E-state index in [2.05, 4.69) is 17.2 Å². The van der Waals surface area contributed by atoms with E-state index in [1.807, 2.05) is 0 Å². The van der Waals surface area contributed by atoms with Crippen molar-refractivity contribution < 1.29 is 19.1 Å². The molecule has 0 saturated heterocycles. The number of hydrogen-bond donors (Lipinski definition) is 3. The highest BCUT2D eigenvalue weighted by Gasteiger charge is 2.23. The summed E-state index contributed by atoms with van der Waals surface area (Å²) in [5.74, 6) is 4.20. The molecule has 1 heterocycles. The molecule has 0 aliphatic heterocycles. The molecule has 0 unspecified atom stereocenters. The van der Waals surface area contributed by atoms with Crippen LogP contribution in [-0.2, 0) is 4.79 Å². The van der Waals surface area contributed by atoms with E-state index in [4.69, 9.17) is 10.2 Å². The molecule has 1 aromatic heterocycles. The van der Waals surface area contributed by atoms with Crippen LogP contribution in [0.5, 0.6) is 0 Å². The van der Waals surface area contributed by atoms with Crippen LogP contribution in [0.15, 0.2) is 16.5 Å². The van der Waals surface area contributed by atoms with Crippen LogP contribution in [0.25, 0.3) is 0 Å². The number of carbonyl (C=O) groups excluding carboxylic acids is 2. The number of amides is 2. The lowest BCUT2D eigenvalue weighted by atomic mass is 10.0. The number of nitrogens with one attached hydrogen (secondary N) is 1. The highest BCUT2D eigenvalue weighted by atomic mass is 16.3. The van der Waals surface area contributed by atoms with E-state index < -0.39 is 23.5 Å². The number of furan rings is 1. The third-order valence-electron chi connectivity index (χ3n) is 2.58. The maximum Gasteiger partial charge on any atom is 0.287 e. The zero-order valence-electron chi connectivity index (χ0n) is 12.6. The van der Waals surface area contributed by atoms with Gasteiger partial charge in [0.15, 0.2) is 11.5 Å². The molecule has 6 heteroatoms. The number of hydrogen-bond acceptors (Lipinski definition) is 4. The molecule has 114 valence electrons. The number of carbonyl (C=O) groups is 2. The van der Waals surface area contributed by atoms with Crippen molar-refractivity contribution in [1.82, 2.24) is 5.32 Å². The average molecular weight is 292 g/mol. The second-order valence-corrected chi connectivity index (χ2v) is 5.57. The Balaban J connectivity index is 2.83. The van der Waals surface area contributed by atoms with Crippen LogP contribution in [0.1, 0.15) is 44.0 Å². The Labute approximate surface area is 123 Å². The largest absolute Gasteiger partial charge is 0.443 e. The molecule has 0 aliphatic rings. The third-order valence-corrected chi connectivity index (χ3v) is 2.58. The fraction of sp³-hybridized carbons (Fsp3) is 0.467. The standard InChI is InChI=1S/C15H20N2O4/c1-9(2)12(13(16)18)17-14(19)11-6-5-10(21-11)7-8-15(3,4)20/h5-6,9,12,20H,1-4H3,(H2,16,18)(H,17,19)/t12-/m0/s1. The van der Waals surface area contributed by atoms with E-state index in [0.717, 1.165) is 0 Å². The first kappa shape index (κ1) is 16.8. The second kappa shape index (κ2) is 6.46. The van der Waals surface area contributed by atoms with Gasteiger partial charge < -0.3 is 20.6 Å². The summed E-state index contributed by atoms with van der Waals surface area (Å²) >= 11 is 0. The van der Waals surface area contributed by atoms with E-state index >= 15 is 0 Å². The Bertz CT molecular complexity index is 585. The predicted molar refractivity (Wildman–Crippen MR) is 77.2 cm³/mol. The molecule has 0 bridgehead atoms. The second-order valence-electron chi connectivity index (χ2n) is 5.57. The van der Waals surface area contributed by atoms with E-state index in [1.54, 1.807) is 13.8 Å². The minimum Gasteiger partial charge on any atom is -0.443 e. The quantitative estimate of drug-likeness (QED) is 0.708. The molecule has 0 aliphatic carbocycles. The maximum absolute atomic E-state index is 12.0. The summed E-state index contributed by atoms with van der Waals surface area (Å²) in [6, 6.07) is 2.19. The zero-order valence-corrected chi connectivity index (χ0v) is 12.6. The van der Waals surface area contributed by atoms with Gasteiger partial charge in [0.1, 0.15) is 11.6 Å². The van der Waals surface area contributed by atoms with Crippen LogP contribution < -0.4 is 11.1 Å². The van der Waals surface area contributed by atoms with Crippen molar-refractivity contribution in [2.75, 3.05) is 0 Å². The topological polar surface area (TPSA) is 106 Å². The molecule has 6 nitrogen and oxygen atoms in total. The van der Waals surface area contributed by atoms with E-state index in [-0.39, 0.29) is 17.4 Å². The molecule has 1 rings (SSSR count). The summed E-state index contributed by atoms with van der Waals surface area (Å²) in [5.41, 5.74) is 4.08. The molecule has 1 aromatic rings. The van der Waals surface area contributed by atoms with E-state index in [1.165, 1.54) is 26.0 Å². The van der Waals surface area contributed by atoms with Crippen molar-refractivity contribution in [3.8, 4) is 11.8 Å². The van der Waals surface area contributed by atoms with Gasteiger partial charge in [0, 0.05) is 0 Å². The summed E-state index contributed by atoms with van der Waals surface area (Å²) in [7, 11) is 0. The summed E-state index contributed by atoms with van der Waals surface area (Å²) in [4.78, 5) is 23.2. The normalized spacial score (nSPS) is 12.5. The molecule has 21 heavy (non-hydrogen) atoms. The number of primary amides is 1. The minimum absolute atomic E-state index is 0.0296. The maximum atomic E-state index is 12.0. The average Bonchev–Trinajstić information content (AvgIpc) is 2.80. The Kier molecular flexibility index (Phi) is 5.17. The Morgan fingerprint density at radius 2 is 2.00 bits per heavy atom. The molecule has 0 spiro atoms. The number of nitrogens with two attached hydrogens (primary N) is 1. The molecule has 0 radical (unpaired) electrons. The Morgan fingerprint density at radius 3 is 2.48 bits per heavy atom. The molecule has 4 N–H and O–H groups in total. The van der Waals surface area contributed by atoms with Gasteiger partial charge >= 0.3 is 0 Å². The predicted octanol–water partition coefficient (Wildman–Crippen LogP) is 0.642. The van der Waals surface area contributed by atoms with Crippen molar-refractivity contribution in [2.45, 2.75) is 39.3 Å². The van der Waals surface area contributed by atoms with Crippen LogP contribution in [0.3, 0.4) is 0 Å². The van der Waals surface area contributed by atoms with Crippen LogP contribution >= 0.6 is 0 Å².